The standard InChI is InChI=1S/C23H46N2O/c1-2-3-4-5-6-7-8-9-10-11-12-13-14-15-16-17-18-19-21-25-22-20-24-23(25)26/h2-22H2,1H3,(H,24,26). The van der Waals surface area contributed by atoms with Crippen LogP contribution in [0.25, 0.3) is 0 Å². The fourth-order valence-electron chi connectivity index (χ4n) is 3.93. The number of carbonyl (C=O) groups is 1. The van der Waals surface area contributed by atoms with Gasteiger partial charge in [-0.15, -0.1) is 0 Å². The number of amides is 2. The molecule has 154 valence electrons. The normalized spacial score (nSPS) is 14.2. The van der Waals surface area contributed by atoms with Gasteiger partial charge in [-0.2, -0.15) is 0 Å². The number of rotatable bonds is 19. The quantitative estimate of drug-likeness (QED) is 0.244. The molecule has 0 saturated carbocycles. The third-order valence-electron chi connectivity index (χ3n) is 5.73. The zero-order valence-electron chi connectivity index (χ0n) is 17.7. The summed E-state index contributed by atoms with van der Waals surface area (Å²) in [4.78, 5) is 13.4. The average molecular weight is 367 g/mol. The number of nitrogens with one attached hydrogen (secondary N) is 1. The van der Waals surface area contributed by atoms with Crippen LogP contribution in [0.15, 0.2) is 0 Å². The summed E-state index contributed by atoms with van der Waals surface area (Å²) in [6.45, 7) is 4.97. The molecular formula is C23H46N2O. The van der Waals surface area contributed by atoms with E-state index in [0.717, 1.165) is 19.6 Å². The molecule has 1 heterocycles. The highest BCUT2D eigenvalue weighted by Crippen LogP contribution is 2.14. The van der Waals surface area contributed by atoms with E-state index in [1.807, 2.05) is 4.90 Å². The SMILES string of the molecule is CCCCCCCCCCCCCCCCCCCCN1CCNC1=O. The number of urea groups is 1. The van der Waals surface area contributed by atoms with E-state index in [2.05, 4.69) is 12.2 Å². The Morgan fingerprint density at radius 2 is 1.04 bits per heavy atom. The fraction of sp³-hybridized carbons (Fsp3) is 0.957. The van der Waals surface area contributed by atoms with E-state index in [9.17, 15) is 4.79 Å². The summed E-state index contributed by atoms with van der Waals surface area (Å²) in [5, 5.41) is 2.87. The molecular weight excluding hydrogens is 320 g/mol. The highest BCUT2D eigenvalue weighted by atomic mass is 16.2. The molecule has 0 aliphatic carbocycles. The van der Waals surface area contributed by atoms with E-state index >= 15 is 0 Å². The minimum atomic E-state index is 0.136. The Bertz CT molecular complexity index is 319. The molecule has 1 aliphatic heterocycles. The van der Waals surface area contributed by atoms with Gasteiger partial charge in [-0.25, -0.2) is 4.79 Å². The second-order valence-electron chi connectivity index (χ2n) is 8.23. The zero-order chi connectivity index (χ0) is 18.7. The molecule has 0 aromatic carbocycles. The van der Waals surface area contributed by atoms with Crippen molar-refractivity contribution in [1.29, 1.82) is 0 Å². The molecule has 3 nitrogen and oxygen atoms in total. The van der Waals surface area contributed by atoms with Crippen LogP contribution in [0.1, 0.15) is 122 Å². The first-order chi connectivity index (χ1) is 12.8. The van der Waals surface area contributed by atoms with Crippen molar-refractivity contribution in [1.82, 2.24) is 10.2 Å². The van der Waals surface area contributed by atoms with Crippen molar-refractivity contribution in [2.75, 3.05) is 19.6 Å². The van der Waals surface area contributed by atoms with Crippen molar-refractivity contribution in [2.45, 2.75) is 122 Å². The Labute approximate surface area is 163 Å². The fourth-order valence-corrected chi connectivity index (χ4v) is 3.93. The van der Waals surface area contributed by atoms with Crippen molar-refractivity contribution in [3.05, 3.63) is 0 Å². The van der Waals surface area contributed by atoms with Gasteiger partial charge in [-0.05, 0) is 6.42 Å². The molecule has 0 aromatic rings. The van der Waals surface area contributed by atoms with E-state index in [1.54, 1.807) is 0 Å². The van der Waals surface area contributed by atoms with Gasteiger partial charge in [0.25, 0.3) is 0 Å². The van der Waals surface area contributed by atoms with Crippen molar-refractivity contribution in [3.63, 3.8) is 0 Å². The summed E-state index contributed by atoms with van der Waals surface area (Å²) in [5.74, 6) is 0. The first-order valence-electron chi connectivity index (χ1n) is 11.9. The molecule has 1 saturated heterocycles. The topological polar surface area (TPSA) is 32.3 Å². The Morgan fingerprint density at radius 3 is 1.38 bits per heavy atom. The van der Waals surface area contributed by atoms with Crippen molar-refractivity contribution in [2.24, 2.45) is 0 Å². The van der Waals surface area contributed by atoms with E-state index in [1.165, 1.54) is 116 Å². The van der Waals surface area contributed by atoms with Gasteiger partial charge in [0.15, 0.2) is 0 Å². The Kier molecular flexibility index (Phi) is 15.8. The lowest BCUT2D eigenvalue weighted by atomic mass is 10.0. The van der Waals surface area contributed by atoms with Gasteiger partial charge in [-0.3, -0.25) is 0 Å². The van der Waals surface area contributed by atoms with Gasteiger partial charge >= 0.3 is 6.03 Å². The number of carbonyl (C=O) groups excluding carboxylic acids is 1. The van der Waals surface area contributed by atoms with Gasteiger partial charge in [0.2, 0.25) is 0 Å². The molecule has 1 rings (SSSR count). The molecule has 2 amide bonds. The first kappa shape index (κ1) is 23.3. The second-order valence-corrected chi connectivity index (χ2v) is 8.23. The van der Waals surface area contributed by atoms with Gasteiger partial charge in [0.05, 0.1) is 0 Å². The molecule has 0 spiro atoms. The van der Waals surface area contributed by atoms with E-state index in [0.29, 0.717) is 0 Å². The maximum atomic E-state index is 11.4. The van der Waals surface area contributed by atoms with Crippen LogP contribution in [0.4, 0.5) is 4.79 Å². The average Bonchev–Trinajstić information content (AvgIpc) is 3.05. The summed E-state index contributed by atoms with van der Waals surface area (Å²) in [5.41, 5.74) is 0. The number of nitrogens with zero attached hydrogens (tertiary/aromatic N) is 1. The molecule has 1 aliphatic rings. The third kappa shape index (κ3) is 13.5. The summed E-state index contributed by atoms with van der Waals surface area (Å²) in [6.07, 6.45) is 25.3. The largest absolute Gasteiger partial charge is 0.336 e. The molecule has 0 atom stereocenters. The van der Waals surface area contributed by atoms with Crippen LogP contribution in [-0.2, 0) is 0 Å². The van der Waals surface area contributed by atoms with E-state index in [4.69, 9.17) is 0 Å². The molecule has 0 unspecified atom stereocenters. The van der Waals surface area contributed by atoms with Crippen LogP contribution in [0.5, 0.6) is 0 Å². The lowest BCUT2D eigenvalue weighted by Crippen LogP contribution is -2.28. The molecule has 3 heteroatoms. The lowest BCUT2D eigenvalue weighted by Gasteiger charge is -2.13. The second kappa shape index (κ2) is 17.7. The summed E-state index contributed by atoms with van der Waals surface area (Å²) in [6, 6.07) is 0.136. The van der Waals surface area contributed by atoms with Crippen molar-refractivity contribution in [3.8, 4) is 0 Å². The van der Waals surface area contributed by atoms with Crippen LogP contribution in [-0.4, -0.2) is 30.6 Å². The maximum Gasteiger partial charge on any atom is 0.317 e. The Morgan fingerprint density at radius 1 is 0.654 bits per heavy atom. The van der Waals surface area contributed by atoms with Gasteiger partial charge in [-0.1, -0.05) is 116 Å². The first-order valence-corrected chi connectivity index (χ1v) is 11.9. The van der Waals surface area contributed by atoms with Crippen molar-refractivity contribution < 1.29 is 4.79 Å². The van der Waals surface area contributed by atoms with Crippen molar-refractivity contribution >= 4 is 6.03 Å². The predicted molar refractivity (Wildman–Crippen MR) is 114 cm³/mol. The lowest BCUT2D eigenvalue weighted by molar-refractivity contribution is 0.216. The van der Waals surface area contributed by atoms with E-state index in [-0.39, 0.29) is 6.03 Å². The minimum absolute atomic E-state index is 0.136. The monoisotopic (exact) mass is 366 g/mol. The highest BCUT2D eigenvalue weighted by molar-refractivity contribution is 5.76. The summed E-state index contributed by atoms with van der Waals surface area (Å²) in [7, 11) is 0. The van der Waals surface area contributed by atoms with Crippen LogP contribution in [0, 0.1) is 0 Å². The van der Waals surface area contributed by atoms with Crippen LogP contribution in [0.2, 0.25) is 0 Å². The third-order valence-corrected chi connectivity index (χ3v) is 5.73. The minimum Gasteiger partial charge on any atom is -0.336 e. The van der Waals surface area contributed by atoms with Crippen LogP contribution < -0.4 is 5.32 Å². The van der Waals surface area contributed by atoms with Gasteiger partial charge < -0.3 is 10.2 Å². The molecule has 1 fully saturated rings. The predicted octanol–water partition coefficient (Wildman–Crippen LogP) is 7.05. The summed E-state index contributed by atoms with van der Waals surface area (Å²) >= 11 is 0. The molecule has 0 bridgehead atoms. The molecule has 0 aromatic heterocycles. The zero-order valence-corrected chi connectivity index (χ0v) is 17.7. The van der Waals surface area contributed by atoms with Gasteiger partial charge in [0, 0.05) is 19.6 Å². The number of hydrogen-bond acceptors (Lipinski definition) is 1. The van der Waals surface area contributed by atoms with E-state index < -0.39 is 0 Å². The van der Waals surface area contributed by atoms with Crippen LogP contribution >= 0.6 is 0 Å². The van der Waals surface area contributed by atoms with Crippen LogP contribution in [0.3, 0.4) is 0 Å². The number of unbranched alkanes of at least 4 members (excludes halogenated alkanes) is 17. The molecule has 1 N–H and O–H groups in total. The number of hydrogen-bond donors (Lipinski definition) is 1. The van der Waals surface area contributed by atoms with Gasteiger partial charge in [0.1, 0.15) is 0 Å². The smallest absolute Gasteiger partial charge is 0.317 e. The maximum absolute atomic E-state index is 11.4. The Balaban J connectivity index is 1.66. The molecule has 26 heavy (non-hydrogen) atoms. The summed E-state index contributed by atoms with van der Waals surface area (Å²) < 4.78 is 0. The Hall–Kier alpha value is -0.730. The molecule has 0 radical (unpaired) electrons. The highest BCUT2D eigenvalue weighted by Gasteiger charge is 2.17.